The lowest BCUT2D eigenvalue weighted by molar-refractivity contribution is -0.124. The van der Waals surface area contributed by atoms with Crippen LogP contribution in [0.1, 0.15) is 56.2 Å². The van der Waals surface area contributed by atoms with E-state index in [0.29, 0.717) is 35.5 Å². The van der Waals surface area contributed by atoms with Crippen LogP contribution in [0.15, 0.2) is 82.7 Å². The van der Waals surface area contributed by atoms with Crippen molar-refractivity contribution in [3.05, 3.63) is 94.4 Å². The second-order valence-corrected chi connectivity index (χ2v) is 11.3. The van der Waals surface area contributed by atoms with Crippen LogP contribution in [0.2, 0.25) is 0 Å². The smallest absolute Gasteiger partial charge is 0.267 e. The zero-order valence-electron chi connectivity index (χ0n) is 22.9. The van der Waals surface area contributed by atoms with E-state index in [1.165, 1.54) is 23.7 Å². The third-order valence-electron chi connectivity index (χ3n) is 7.26. The maximum Gasteiger partial charge on any atom is 0.267 e. The second kappa shape index (κ2) is 12.6. The molecule has 0 aromatic heterocycles. The predicted molar refractivity (Wildman–Crippen MR) is 160 cm³/mol. The predicted octanol–water partition coefficient (Wildman–Crippen LogP) is 8.16. The minimum absolute atomic E-state index is 0.0335. The first-order valence-corrected chi connectivity index (χ1v) is 14.7. The van der Waals surface area contributed by atoms with Gasteiger partial charge in [0.05, 0.1) is 17.2 Å². The van der Waals surface area contributed by atoms with E-state index in [1.54, 1.807) is 0 Å². The monoisotopic (exact) mass is 540 g/mol. The molecule has 202 valence electrons. The minimum atomic E-state index is 0.0335. The van der Waals surface area contributed by atoms with Crippen LogP contribution in [0, 0.1) is 12.8 Å². The molecule has 2 aliphatic rings. The maximum atomic E-state index is 13.8. The van der Waals surface area contributed by atoms with Gasteiger partial charge < -0.3 is 9.47 Å². The molecule has 39 heavy (non-hydrogen) atoms. The summed E-state index contributed by atoms with van der Waals surface area (Å²) in [6.07, 6.45) is 6.46. The van der Waals surface area contributed by atoms with Crippen molar-refractivity contribution in [1.29, 1.82) is 0 Å². The van der Waals surface area contributed by atoms with Crippen LogP contribution in [0.3, 0.4) is 0 Å². The molecule has 3 aromatic rings. The van der Waals surface area contributed by atoms with E-state index in [-0.39, 0.29) is 11.9 Å². The van der Waals surface area contributed by atoms with Crippen LogP contribution >= 0.6 is 11.8 Å². The molecule has 1 heterocycles. The molecule has 1 saturated heterocycles. The molecule has 0 radical (unpaired) electrons. The summed E-state index contributed by atoms with van der Waals surface area (Å²) >= 11 is 1.46. The summed E-state index contributed by atoms with van der Waals surface area (Å²) in [6.45, 7) is 7.28. The highest BCUT2D eigenvalue weighted by molar-refractivity contribution is 8.18. The maximum absolute atomic E-state index is 13.8. The summed E-state index contributed by atoms with van der Waals surface area (Å²) in [7, 11) is 0. The van der Waals surface area contributed by atoms with Gasteiger partial charge in [0.25, 0.3) is 5.91 Å². The lowest BCUT2D eigenvalue weighted by atomic mass is 9.85. The third-order valence-corrected chi connectivity index (χ3v) is 8.24. The Labute approximate surface area is 235 Å². The highest BCUT2D eigenvalue weighted by Crippen LogP contribution is 2.40. The third kappa shape index (κ3) is 6.56. The molecule has 0 unspecified atom stereocenters. The minimum Gasteiger partial charge on any atom is -0.490 e. The number of benzene rings is 3. The van der Waals surface area contributed by atoms with Gasteiger partial charge in [0.2, 0.25) is 0 Å². The van der Waals surface area contributed by atoms with Crippen LogP contribution in [0.5, 0.6) is 11.5 Å². The van der Waals surface area contributed by atoms with Crippen LogP contribution in [0.4, 0.5) is 5.69 Å². The summed E-state index contributed by atoms with van der Waals surface area (Å²) < 4.78 is 12.1. The molecule has 0 N–H and O–H groups in total. The summed E-state index contributed by atoms with van der Waals surface area (Å²) in [5.74, 6) is 1.84. The van der Waals surface area contributed by atoms with Crippen molar-refractivity contribution in [1.82, 2.24) is 4.90 Å². The number of ether oxygens (including phenoxy) is 2. The molecule has 3 aromatic carbocycles. The van der Waals surface area contributed by atoms with Gasteiger partial charge in [-0.2, -0.15) is 0 Å². The number of rotatable bonds is 8. The Morgan fingerprint density at radius 1 is 0.974 bits per heavy atom. The van der Waals surface area contributed by atoms with Gasteiger partial charge in [-0.05, 0) is 85.8 Å². The lowest BCUT2D eigenvalue weighted by Gasteiger charge is -2.35. The molecular formula is C33H36N2O3S. The molecule has 1 amide bonds. The number of carbonyl (C=O) groups excluding carboxylic acids is 1. The number of para-hydroxylation sites is 1. The summed E-state index contributed by atoms with van der Waals surface area (Å²) in [4.78, 5) is 21.4. The highest BCUT2D eigenvalue weighted by atomic mass is 32.2. The molecule has 1 aliphatic heterocycles. The Bertz CT molecular complexity index is 1370. The molecule has 6 heteroatoms. The van der Waals surface area contributed by atoms with Gasteiger partial charge in [0.15, 0.2) is 16.7 Å². The first kappa shape index (κ1) is 27.1. The summed E-state index contributed by atoms with van der Waals surface area (Å²) in [5, 5.41) is 0.763. The van der Waals surface area contributed by atoms with Crippen molar-refractivity contribution in [2.75, 3.05) is 6.61 Å². The first-order chi connectivity index (χ1) is 19.0. The van der Waals surface area contributed by atoms with E-state index in [0.717, 1.165) is 41.2 Å². The number of aryl methyl sites for hydroxylation is 1. The number of nitrogens with zero attached hydrogens (tertiary/aromatic N) is 2. The normalized spacial score (nSPS) is 21.5. The fraction of sp³-hybridized carbons (Fsp3) is 0.333. The van der Waals surface area contributed by atoms with Gasteiger partial charge in [-0.15, -0.1) is 0 Å². The molecule has 0 bridgehead atoms. The highest BCUT2D eigenvalue weighted by Gasteiger charge is 2.41. The Morgan fingerprint density at radius 3 is 2.56 bits per heavy atom. The standard InChI is InChI=1S/C33H36N2O3S/c1-4-37-30-20-25(17-18-29(30)38-22-26-13-10-11-23(2)19-26)21-31-32(36)35(28-16-9-8-12-24(28)3)33(39-31)34-27-14-6-5-7-15-27/h5-7,10-11,13-15,17-21,24,28H,4,8-9,12,16,22H2,1-3H3/b31-21-,34-33?/t24-,28-/m1/s1. The van der Waals surface area contributed by atoms with Crippen molar-refractivity contribution in [2.45, 2.75) is 59.1 Å². The second-order valence-electron chi connectivity index (χ2n) is 10.3. The number of amidine groups is 1. The van der Waals surface area contributed by atoms with Crippen molar-refractivity contribution in [3.63, 3.8) is 0 Å². The number of carbonyl (C=O) groups is 1. The Hall–Kier alpha value is -3.51. The number of aliphatic imine (C=N–C) groups is 1. The summed E-state index contributed by atoms with van der Waals surface area (Å²) in [5.41, 5.74) is 4.07. The fourth-order valence-corrected chi connectivity index (χ4v) is 6.31. The van der Waals surface area contributed by atoms with E-state index in [4.69, 9.17) is 14.5 Å². The van der Waals surface area contributed by atoms with Crippen molar-refractivity contribution >= 4 is 34.6 Å². The van der Waals surface area contributed by atoms with E-state index in [2.05, 4.69) is 32.0 Å². The number of amides is 1. The van der Waals surface area contributed by atoms with Crippen LogP contribution in [0.25, 0.3) is 6.08 Å². The fourth-order valence-electron chi connectivity index (χ4n) is 5.27. The zero-order valence-corrected chi connectivity index (χ0v) is 23.7. The Balaban J connectivity index is 1.42. The Morgan fingerprint density at radius 2 is 1.79 bits per heavy atom. The van der Waals surface area contributed by atoms with E-state index in [9.17, 15) is 4.79 Å². The van der Waals surface area contributed by atoms with Gasteiger partial charge in [-0.1, -0.05) is 73.9 Å². The molecule has 0 spiro atoms. The average molecular weight is 541 g/mol. The number of thioether (sulfide) groups is 1. The van der Waals surface area contributed by atoms with E-state index < -0.39 is 0 Å². The molecule has 1 aliphatic carbocycles. The Kier molecular flexibility index (Phi) is 8.72. The molecule has 5 nitrogen and oxygen atoms in total. The number of hydrogen-bond acceptors (Lipinski definition) is 5. The molecular weight excluding hydrogens is 504 g/mol. The van der Waals surface area contributed by atoms with Gasteiger partial charge >= 0.3 is 0 Å². The SMILES string of the molecule is CCOc1cc(/C=C2\SC(=Nc3ccccc3)N([C@@H]3CCCC[C@H]3C)C2=O)ccc1OCc1cccc(C)c1. The zero-order chi connectivity index (χ0) is 27.2. The van der Waals surface area contributed by atoms with Gasteiger partial charge in [-0.3, -0.25) is 9.69 Å². The molecule has 2 fully saturated rings. The largest absolute Gasteiger partial charge is 0.490 e. The van der Waals surface area contributed by atoms with Gasteiger partial charge in [-0.25, -0.2) is 4.99 Å². The summed E-state index contributed by atoms with van der Waals surface area (Å²) in [6, 6.07) is 24.2. The van der Waals surface area contributed by atoms with E-state index in [1.807, 2.05) is 72.5 Å². The average Bonchev–Trinajstić information content (AvgIpc) is 3.23. The van der Waals surface area contributed by atoms with Crippen molar-refractivity contribution in [2.24, 2.45) is 10.9 Å². The van der Waals surface area contributed by atoms with Gasteiger partial charge in [0.1, 0.15) is 6.61 Å². The van der Waals surface area contributed by atoms with Crippen molar-refractivity contribution < 1.29 is 14.3 Å². The molecule has 1 saturated carbocycles. The molecule has 5 rings (SSSR count). The van der Waals surface area contributed by atoms with Crippen LogP contribution < -0.4 is 9.47 Å². The van der Waals surface area contributed by atoms with E-state index >= 15 is 0 Å². The lowest BCUT2D eigenvalue weighted by Crippen LogP contribution is -2.44. The van der Waals surface area contributed by atoms with Gasteiger partial charge in [0, 0.05) is 6.04 Å². The van der Waals surface area contributed by atoms with Crippen LogP contribution in [-0.2, 0) is 11.4 Å². The topological polar surface area (TPSA) is 51.1 Å². The number of hydrogen-bond donors (Lipinski definition) is 0. The van der Waals surface area contributed by atoms with Crippen molar-refractivity contribution in [3.8, 4) is 11.5 Å². The van der Waals surface area contributed by atoms with Crippen LogP contribution in [-0.4, -0.2) is 28.6 Å². The molecule has 2 atom stereocenters. The first-order valence-electron chi connectivity index (χ1n) is 13.8. The quantitative estimate of drug-likeness (QED) is 0.271.